The van der Waals surface area contributed by atoms with Crippen LogP contribution in [-0.4, -0.2) is 36.0 Å². The smallest absolute Gasteiger partial charge is 0.387 e. The van der Waals surface area contributed by atoms with Gasteiger partial charge in [-0.25, -0.2) is 4.99 Å². The number of nitrogens with one attached hydrogen (secondary N) is 2. The Kier molecular flexibility index (Phi) is 9.83. The summed E-state index contributed by atoms with van der Waals surface area (Å²) >= 11 is 0. The molecule has 2 aromatic rings. The van der Waals surface area contributed by atoms with E-state index in [2.05, 4.69) is 25.5 Å². The number of rotatable bonds is 8. The fourth-order valence-electron chi connectivity index (χ4n) is 2.27. The number of guanidine groups is 1. The molecule has 0 aliphatic carbocycles. The van der Waals surface area contributed by atoms with Crippen LogP contribution < -0.4 is 20.1 Å². The summed E-state index contributed by atoms with van der Waals surface area (Å²) in [4.78, 5) is 4.44. The van der Waals surface area contributed by atoms with E-state index in [-0.39, 0.29) is 36.3 Å². The summed E-state index contributed by atoms with van der Waals surface area (Å²) < 4.78 is 36.7. The van der Waals surface area contributed by atoms with Crippen LogP contribution in [-0.2, 0) is 20.1 Å². The fraction of sp³-hybridized carbons (Fsp3) is 0.412. The van der Waals surface area contributed by atoms with E-state index < -0.39 is 6.61 Å². The standard InChI is InChI=1S/C17H23F2N5O2.HI/c1-4-20-17(22-11-13-7-8-23-24(13)2)21-10-12-9-14(25-3)5-6-15(12)26-16(18)19;/h5-9,16H,4,10-11H2,1-3H3,(H2,20,21,22);1H. The lowest BCUT2D eigenvalue weighted by Crippen LogP contribution is -2.37. The van der Waals surface area contributed by atoms with Crippen LogP contribution >= 0.6 is 24.0 Å². The van der Waals surface area contributed by atoms with Crippen LogP contribution in [0.15, 0.2) is 35.5 Å². The Hall–Kier alpha value is -2.11. The summed E-state index contributed by atoms with van der Waals surface area (Å²) in [6.07, 6.45) is 1.71. The molecule has 2 rings (SSSR count). The van der Waals surface area contributed by atoms with Gasteiger partial charge >= 0.3 is 6.61 Å². The van der Waals surface area contributed by atoms with Crippen LogP contribution in [0.2, 0.25) is 0 Å². The Morgan fingerprint density at radius 2 is 2.07 bits per heavy atom. The van der Waals surface area contributed by atoms with Crippen LogP contribution in [0.3, 0.4) is 0 Å². The number of alkyl halides is 2. The number of aryl methyl sites for hydroxylation is 1. The van der Waals surface area contributed by atoms with E-state index in [1.54, 1.807) is 23.0 Å². The zero-order valence-electron chi connectivity index (χ0n) is 15.4. The van der Waals surface area contributed by atoms with Crippen LogP contribution in [0, 0.1) is 0 Å². The Morgan fingerprint density at radius 3 is 2.67 bits per heavy atom. The monoisotopic (exact) mass is 495 g/mol. The number of methoxy groups -OCH3 is 1. The first-order chi connectivity index (χ1) is 12.5. The van der Waals surface area contributed by atoms with E-state index in [9.17, 15) is 8.78 Å². The third-order valence-corrected chi connectivity index (χ3v) is 3.59. The highest BCUT2D eigenvalue weighted by molar-refractivity contribution is 14.0. The SMILES string of the molecule is CCNC(=NCc1cc(OC)ccc1OC(F)F)NCc1ccnn1C.I. The minimum atomic E-state index is -2.90. The lowest BCUT2D eigenvalue weighted by molar-refractivity contribution is -0.0504. The number of benzene rings is 1. The first-order valence-corrected chi connectivity index (χ1v) is 8.14. The highest BCUT2D eigenvalue weighted by Gasteiger charge is 2.11. The largest absolute Gasteiger partial charge is 0.497 e. The van der Waals surface area contributed by atoms with Gasteiger partial charge in [-0.05, 0) is 31.2 Å². The van der Waals surface area contributed by atoms with Crippen molar-refractivity contribution in [2.45, 2.75) is 26.6 Å². The molecule has 1 heterocycles. The number of aliphatic imine (C=N–C) groups is 1. The summed E-state index contributed by atoms with van der Waals surface area (Å²) in [6.45, 7) is 0.386. The highest BCUT2D eigenvalue weighted by atomic mass is 127. The molecule has 0 unspecified atom stereocenters. The van der Waals surface area contributed by atoms with Crippen molar-refractivity contribution >= 4 is 29.9 Å². The molecule has 1 aromatic carbocycles. The average Bonchev–Trinajstić information content (AvgIpc) is 3.03. The lowest BCUT2D eigenvalue weighted by Gasteiger charge is -2.13. The number of halogens is 3. The maximum absolute atomic E-state index is 12.6. The summed E-state index contributed by atoms with van der Waals surface area (Å²) in [5.41, 5.74) is 1.49. The van der Waals surface area contributed by atoms with Crippen LogP contribution in [0.1, 0.15) is 18.2 Å². The van der Waals surface area contributed by atoms with Crippen molar-refractivity contribution in [1.29, 1.82) is 0 Å². The van der Waals surface area contributed by atoms with Crippen molar-refractivity contribution in [3.63, 3.8) is 0 Å². The summed E-state index contributed by atoms with van der Waals surface area (Å²) in [5, 5.41) is 10.4. The Bertz CT molecular complexity index is 740. The van der Waals surface area contributed by atoms with Gasteiger partial charge in [0.15, 0.2) is 5.96 Å². The molecule has 10 heteroatoms. The van der Waals surface area contributed by atoms with Crippen molar-refractivity contribution in [2.24, 2.45) is 12.0 Å². The summed E-state index contributed by atoms with van der Waals surface area (Å²) in [6, 6.07) is 6.54. The van der Waals surface area contributed by atoms with E-state index in [1.807, 2.05) is 20.0 Å². The fourth-order valence-corrected chi connectivity index (χ4v) is 2.27. The Morgan fingerprint density at radius 1 is 1.30 bits per heavy atom. The highest BCUT2D eigenvalue weighted by Crippen LogP contribution is 2.26. The van der Waals surface area contributed by atoms with Crippen molar-refractivity contribution < 1.29 is 18.3 Å². The lowest BCUT2D eigenvalue weighted by atomic mass is 10.2. The van der Waals surface area contributed by atoms with Gasteiger partial charge in [-0.2, -0.15) is 13.9 Å². The second kappa shape index (κ2) is 11.6. The molecule has 150 valence electrons. The van der Waals surface area contributed by atoms with Crippen molar-refractivity contribution in [1.82, 2.24) is 20.4 Å². The summed E-state index contributed by atoms with van der Waals surface area (Å²) in [5.74, 6) is 1.18. The second-order valence-corrected chi connectivity index (χ2v) is 5.35. The molecule has 0 aliphatic heterocycles. The van der Waals surface area contributed by atoms with Crippen LogP contribution in [0.5, 0.6) is 11.5 Å². The maximum atomic E-state index is 12.6. The van der Waals surface area contributed by atoms with E-state index >= 15 is 0 Å². The zero-order chi connectivity index (χ0) is 18.9. The normalized spacial score (nSPS) is 11.1. The molecular formula is C17H24F2IN5O2. The van der Waals surface area contributed by atoms with Crippen LogP contribution in [0.4, 0.5) is 8.78 Å². The van der Waals surface area contributed by atoms with E-state index in [4.69, 9.17) is 4.74 Å². The molecule has 0 spiro atoms. The van der Waals surface area contributed by atoms with Gasteiger partial charge in [0.2, 0.25) is 0 Å². The van der Waals surface area contributed by atoms with Gasteiger partial charge in [0.25, 0.3) is 0 Å². The Labute approximate surface area is 174 Å². The first kappa shape index (κ1) is 22.9. The minimum Gasteiger partial charge on any atom is -0.497 e. The van der Waals surface area contributed by atoms with Gasteiger partial charge in [0, 0.05) is 25.4 Å². The number of hydrogen-bond donors (Lipinski definition) is 2. The van der Waals surface area contributed by atoms with Gasteiger partial charge < -0.3 is 20.1 Å². The van der Waals surface area contributed by atoms with Gasteiger partial charge in [-0.1, -0.05) is 0 Å². The molecule has 0 fully saturated rings. The van der Waals surface area contributed by atoms with Crippen molar-refractivity contribution in [3.05, 3.63) is 41.7 Å². The first-order valence-electron chi connectivity index (χ1n) is 8.14. The third kappa shape index (κ3) is 7.19. The van der Waals surface area contributed by atoms with E-state index in [0.29, 0.717) is 30.4 Å². The average molecular weight is 495 g/mol. The maximum Gasteiger partial charge on any atom is 0.387 e. The predicted octanol–water partition coefficient (Wildman–Crippen LogP) is 2.90. The number of hydrogen-bond acceptors (Lipinski definition) is 4. The molecular weight excluding hydrogens is 471 g/mol. The molecule has 0 saturated carbocycles. The topological polar surface area (TPSA) is 72.7 Å². The molecule has 1 aromatic heterocycles. The van der Waals surface area contributed by atoms with Gasteiger partial charge in [0.1, 0.15) is 11.5 Å². The quantitative estimate of drug-likeness (QED) is 0.335. The predicted molar refractivity (Wildman–Crippen MR) is 110 cm³/mol. The number of aromatic nitrogens is 2. The molecule has 7 nitrogen and oxygen atoms in total. The molecule has 0 radical (unpaired) electrons. The molecule has 0 bridgehead atoms. The van der Waals surface area contributed by atoms with E-state index in [1.165, 1.54) is 13.2 Å². The van der Waals surface area contributed by atoms with Gasteiger partial charge in [-0.3, -0.25) is 4.68 Å². The molecule has 27 heavy (non-hydrogen) atoms. The number of nitrogens with zero attached hydrogens (tertiary/aromatic N) is 3. The molecule has 2 N–H and O–H groups in total. The zero-order valence-corrected chi connectivity index (χ0v) is 17.7. The van der Waals surface area contributed by atoms with Gasteiger partial charge in [-0.15, -0.1) is 24.0 Å². The van der Waals surface area contributed by atoms with Crippen LogP contribution in [0.25, 0.3) is 0 Å². The molecule has 0 saturated heterocycles. The van der Waals surface area contributed by atoms with Crippen molar-refractivity contribution in [3.8, 4) is 11.5 Å². The molecule has 0 amide bonds. The second-order valence-electron chi connectivity index (χ2n) is 5.35. The van der Waals surface area contributed by atoms with Crippen molar-refractivity contribution in [2.75, 3.05) is 13.7 Å². The van der Waals surface area contributed by atoms with Gasteiger partial charge in [0.05, 0.1) is 25.9 Å². The van der Waals surface area contributed by atoms with E-state index in [0.717, 1.165) is 5.69 Å². The molecule has 0 atom stereocenters. The summed E-state index contributed by atoms with van der Waals surface area (Å²) in [7, 11) is 3.36. The molecule has 0 aliphatic rings. The minimum absolute atomic E-state index is 0. The third-order valence-electron chi connectivity index (χ3n) is 3.59. The Balaban J connectivity index is 0.00000364. The number of ether oxygens (including phenoxy) is 2.